The first-order chi connectivity index (χ1) is 10.1. The summed E-state index contributed by atoms with van der Waals surface area (Å²) < 4.78 is 0. The molecule has 0 aliphatic heterocycles. The monoisotopic (exact) mass is 304 g/mol. The quantitative estimate of drug-likeness (QED) is 0.859. The smallest absolute Gasteiger partial charge is 0.251 e. The number of hydrogen-bond donors (Lipinski definition) is 2. The average molecular weight is 304 g/mol. The Morgan fingerprint density at radius 2 is 2.00 bits per heavy atom. The minimum atomic E-state index is -0.0515. The summed E-state index contributed by atoms with van der Waals surface area (Å²) in [6.45, 7) is 0.584. The Morgan fingerprint density at radius 3 is 2.57 bits per heavy atom. The average Bonchev–Trinajstić information content (AvgIpc) is 2.95. The van der Waals surface area contributed by atoms with Crippen LogP contribution in [-0.2, 0) is 6.42 Å². The number of benzene rings is 1. The SMILES string of the molecule is CNc1nc(CCNC(=O)c2ccc(N(C)C)cc2)cs1. The third-order valence-corrected chi connectivity index (χ3v) is 3.99. The van der Waals surface area contributed by atoms with E-state index in [0.29, 0.717) is 12.1 Å². The van der Waals surface area contributed by atoms with Crippen LogP contribution in [0.2, 0.25) is 0 Å². The van der Waals surface area contributed by atoms with Gasteiger partial charge < -0.3 is 15.5 Å². The van der Waals surface area contributed by atoms with Crippen LogP contribution >= 0.6 is 11.3 Å². The first-order valence-corrected chi connectivity index (χ1v) is 7.66. The van der Waals surface area contributed by atoms with E-state index < -0.39 is 0 Å². The molecule has 21 heavy (non-hydrogen) atoms. The van der Waals surface area contributed by atoms with Crippen LogP contribution in [-0.4, -0.2) is 38.6 Å². The van der Waals surface area contributed by atoms with Gasteiger partial charge in [-0.2, -0.15) is 0 Å². The lowest BCUT2D eigenvalue weighted by atomic mass is 10.2. The minimum absolute atomic E-state index is 0.0515. The van der Waals surface area contributed by atoms with Crippen molar-refractivity contribution in [1.82, 2.24) is 10.3 Å². The summed E-state index contributed by atoms with van der Waals surface area (Å²) in [6, 6.07) is 7.56. The molecule has 1 amide bonds. The van der Waals surface area contributed by atoms with Gasteiger partial charge in [-0.25, -0.2) is 4.98 Å². The fourth-order valence-electron chi connectivity index (χ4n) is 1.85. The van der Waals surface area contributed by atoms with Gasteiger partial charge >= 0.3 is 0 Å². The van der Waals surface area contributed by atoms with Crippen LogP contribution in [0.25, 0.3) is 0 Å². The van der Waals surface area contributed by atoms with E-state index in [1.54, 1.807) is 11.3 Å². The van der Waals surface area contributed by atoms with Crippen LogP contribution in [0, 0.1) is 0 Å². The van der Waals surface area contributed by atoms with Gasteiger partial charge in [0.25, 0.3) is 5.91 Å². The summed E-state index contributed by atoms with van der Waals surface area (Å²) >= 11 is 1.57. The molecule has 112 valence electrons. The molecule has 1 heterocycles. The molecular weight excluding hydrogens is 284 g/mol. The van der Waals surface area contributed by atoms with Crippen molar-refractivity contribution in [2.45, 2.75) is 6.42 Å². The summed E-state index contributed by atoms with van der Waals surface area (Å²) in [5.41, 5.74) is 2.75. The number of nitrogens with zero attached hydrogens (tertiary/aromatic N) is 2. The maximum atomic E-state index is 12.0. The maximum Gasteiger partial charge on any atom is 0.251 e. The summed E-state index contributed by atoms with van der Waals surface area (Å²) in [5.74, 6) is -0.0515. The van der Waals surface area contributed by atoms with E-state index in [0.717, 1.165) is 22.9 Å². The molecule has 0 aliphatic rings. The zero-order valence-corrected chi connectivity index (χ0v) is 13.3. The molecule has 1 aromatic carbocycles. The molecule has 0 aliphatic carbocycles. The Morgan fingerprint density at radius 1 is 1.29 bits per heavy atom. The van der Waals surface area contributed by atoms with Crippen molar-refractivity contribution in [2.24, 2.45) is 0 Å². The molecule has 0 bridgehead atoms. The first kappa shape index (κ1) is 15.3. The molecule has 2 aromatic rings. The predicted octanol–water partition coefficient (Wildman–Crippen LogP) is 2.22. The highest BCUT2D eigenvalue weighted by atomic mass is 32.1. The van der Waals surface area contributed by atoms with Crippen molar-refractivity contribution in [3.05, 3.63) is 40.9 Å². The normalized spacial score (nSPS) is 10.2. The molecule has 5 nitrogen and oxygen atoms in total. The van der Waals surface area contributed by atoms with E-state index in [-0.39, 0.29) is 5.91 Å². The number of hydrogen-bond acceptors (Lipinski definition) is 5. The number of thiazole rings is 1. The minimum Gasteiger partial charge on any atom is -0.378 e. The summed E-state index contributed by atoms with van der Waals surface area (Å²) in [4.78, 5) is 18.4. The van der Waals surface area contributed by atoms with E-state index in [1.807, 2.05) is 55.7 Å². The van der Waals surface area contributed by atoms with Crippen LogP contribution in [0.4, 0.5) is 10.8 Å². The largest absolute Gasteiger partial charge is 0.378 e. The maximum absolute atomic E-state index is 12.0. The van der Waals surface area contributed by atoms with Gasteiger partial charge in [0.15, 0.2) is 5.13 Å². The highest BCUT2D eigenvalue weighted by Crippen LogP contribution is 2.14. The summed E-state index contributed by atoms with van der Waals surface area (Å²) in [7, 11) is 5.80. The Balaban J connectivity index is 1.83. The Bertz CT molecular complexity index is 592. The van der Waals surface area contributed by atoms with Gasteiger partial charge in [0.05, 0.1) is 5.69 Å². The van der Waals surface area contributed by atoms with Crippen molar-refractivity contribution >= 4 is 28.1 Å². The van der Waals surface area contributed by atoms with E-state index >= 15 is 0 Å². The van der Waals surface area contributed by atoms with Gasteiger partial charge in [-0.15, -0.1) is 11.3 Å². The van der Waals surface area contributed by atoms with Crippen molar-refractivity contribution in [2.75, 3.05) is 37.9 Å². The highest BCUT2D eigenvalue weighted by molar-refractivity contribution is 7.13. The zero-order valence-electron chi connectivity index (χ0n) is 12.5. The topological polar surface area (TPSA) is 57.3 Å². The molecule has 0 radical (unpaired) electrons. The molecule has 0 saturated carbocycles. The standard InChI is InChI=1S/C15H20N4OS/c1-16-15-18-12(10-21-15)8-9-17-14(20)11-4-6-13(7-5-11)19(2)3/h4-7,10H,8-9H2,1-3H3,(H,16,18)(H,17,20). The van der Waals surface area contributed by atoms with E-state index in [9.17, 15) is 4.79 Å². The number of nitrogens with one attached hydrogen (secondary N) is 2. The second kappa shape index (κ2) is 7.08. The van der Waals surface area contributed by atoms with Gasteiger partial charge in [-0.05, 0) is 24.3 Å². The molecular formula is C15H20N4OS. The Hall–Kier alpha value is -2.08. The van der Waals surface area contributed by atoms with Crippen molar-refractivity contribution < 1.29 is 4.79 Å². The third-order valence-electron chi connectivity index (χ3n) is 3.08. The second-order valence-electron chi connectivity index (χ2n) is 4.84. The summed E-state index contributed by atoms with van der Waals surface area (Å²) in [5, 5.41) is 8.82. The van der Waals surface area contributed by atoms with Gasteiger partial charge in [-0.1, -0.05) is 0 Å². The van der Waals surface area contributed by atoms with Crippen molar-refractivity contribution in [3.63, 3.8) is 0 Å². The number of amides is 1. The molecule has 2 rings (SSSR count). The fourth-order valence-corrected chi connectivity index (χ4v) is 2.56. The lowest BCUT2D eigenvalue weighted by Crippen LogP contribution is -2.25. The van der Waals surface area contributed by atoms with Gasteiger partial charge in [0.2, 0.25) is 0 Å². The van der Waals surface area contributed by atoms with E-state index in [1.165, 1.54) is 0 Å². The van der Waals surface area contributed by atoms with Crippen LogP contribution in [0.15, 0.2) is 29.6 Å². The number of carbonyl (C=O) groups is 1. The van der Waals surface area contributed by atoms with Crippen molar-refractivity contribution in [1.29, 1.82) is 0 Å². The number of anilines is 2. The molecule has 2 N–H and O–H groups in total. The Labute approximate surface area is 129 Å². The second-order valence-corrected chi connectivity index (χ2v) is 5.70. The number of carbonyl (C=O) groups excluding carboxylic acids is 1. The first-order valence-electron chi connectivity index (χ1n) is 6.78. The molecule has 0 unspecified atom stereocenters. The van der Waals surface area contributed by atoms with Crippen LogP contribution in [0.1, 0.15) is 16.1 Å². The van der Waals surface area contributed by atoms with Crippen LogP contribution in [0.5, 0.6) is 0 Å². The Kier molecular flexibility index (Phi) is 5.16. The molecule has 0 spiro atoms. The molecule has 0 atom stereocenters. The zero-order chi connectivity index (χ0) is 15.2. The van der Waals surface area contributed by atoms with Crippen molar-refractivity contribution in [3.8, 4) is 0 Å². The van der Waals surface area contributed by atoms with Gasteiger partial charge in [-0.3, -0.25) is 4.79 Å². The van der Waals surface area contributed by atoms with Crippen LogP contribution in [0.3, 0.4) is 0 Å². The molecule has 6 heteroatoms. The van der Waals surface area contributed by atoms with Gasteiger partial charge in [0.1, 0.15) is 0 Å². The predicted molar refractivity (Wildman–Crippen MR) is 88.5 cm³/mol. The third kappa shape index (κ3) is 4.19. The van der Waals surface area contributed by atoms with E-state index in [4.69, 9.17) is 0 Å². The molecule has 0 saturated heterocycles. The lowest BCUT2D eigenvalue weighted by Gasteiger charge is -2.12. The van der Waals surface area contributed by atoms with Crippen LogP contribution < -0.4 is 15.5 Å². The molecule has 0 fully saturated rings. The summed E-state index contributed by atoms with van der Waals surface area (Å²) in [6.07, 6.45) is 0.736. The number of rotatable bonds is 6. The van der Waals surface area contributed by atoms with Gasteiger partial charge in [0, 0.05) is 50.7 Å². The molecule has 1 aromatic heterocycles. The number of aromatic nitrogens is 1. The van der Waals surface area contributed by atoms with E-state index in [2.05, 4.69) is 15.6 Å². The fraction of sp³-hybridized carbons (Fsp3) is 0.333. The highest BCUT2D eigenvalue weighted by Gasteiger charge is 2.06. The lowest BCUT2D eigenvalue weighted by molar-refractivity contribution is 0.0954.